The molecule has 1 aromatic rings. The van der Waals surface area contributed by atoms with Gasteiger partial charge in [-0.1, -0.05) is 18.0 Å². The second-order valence-electron chi connectivity index (χ2n) is 4.17. The van der Waals surface area contributed by atoms with E-state index in [-0.39, 0.29) is 0 Å². The Balaban J connectivity index is 2.10. The molecule has 1 fully saturated rings. The van der Waals surface area contributed by atoms with Gasteiger partial charge in [0.1, 0.15) is 12.3 Å². The number of aliphatic imine (C=N–C) groups is 1. The van der Waals surface area contributed by atoms with Crippen LogP contribution < -0.4 is 11.3 Å². The molecule has 17 heavy (non-hydrogen) atoms. The minimum atomic E-state index is 0.351. The highest BCUT2D eigenvalue weighted by Gasteiger charge is 2.17. The molecule has 1 heterocycles. The van der Waals surface area contributed by atoms with Crippen molar-refractivity contribution < 1.29 is 9.26 Å². The lowest BCUT2D eigenvalue weighted by Crippen LogP contribution is -2.32. The molecule has 6 heteroatoms. The normalized spacial score (nSPS) is 17.6. The minimum Gasteiger partial charge on any atom is -0.377 e. The fourth-order valence-corrected chi connectivity index (χ4v) is 2.03. The maximum absolute atomic E-state index is 5.47. The predicted octanol–water partition coefficient (Wildman–Crippen LogP) is 0.974. The van der Waals surface area contributed by atoms with E-state index >= 15 is 0 Å². The Morgan fingerprint density at radius 2 is 2.41 bits per heavy atom. The first-order valence-corrected chi connectivity index (χ1v) is 5.83. The summed E-state index contributed by atoms with van der Waals surface area (Å²) >= 11 is 0. The van der Waals surface area contributed by atoms with Crippen molar-refractivity contribution in [3.05, 3.63) is 17.5 Å². The van der Waals surface area contributed by atoms with Crippen LogP contribution in [-0.4, -0.2) is 24.1 Å². The summed E-state index contributed by atoms with van der Waals surface area (Å²) in [5.74, 6) is 6.72. The molecular formula is C11H18N4O2. The van der Waals surface area contributed by atoms with Gasteiger partial charge in [0, 0.05) is 13.2 Å². The largest absolute Gasteiger partial charge is 0.377 e. The Kier molecular flexibility index (Phi) is 4.11. The van der Waals surface area contributed by atoms with E-state index in [9.17, 15) is 0 Å². The zero-order valence-electron chi connectivity index (χ0n) is 9.98. The number of rotatable bonds is 4. The molecule has 0 atom stereocenters. The van der Waals surface area contributed by atoms with Crippen LogP contribution in [0.1, 0.15) is 37.1 Å². The van der Waals surface area contributed by atoms with Gasteiger partial charge >= 0.3 is 0 Å². The van der Waals surface area contributed by atoms with Gasteiger partial charge in [0.25, 0.3) is 0 Å². The smallest absolute Gasteiger partial charge is 0.165 e. The summed E-state index contributed by atoms with van der Waals surface area (Å²) < 4.78 is 10.1. The third-order valence-electron chi connectivity index (χ3n) is 2.86. The lowest BCUT2D eigenvalue weighted by atomic mass is 10.2. The number of hydrazine groups is 1. The fraction of sp³-hybridized carbons (Fsp3) is 0.636. The molecule has 0 amide bonds. The number of nitrogens with one attached hydrogen (secondary N) is 1. The highest BCUT2D eigenvalue weighted by Crippen LogP contribution is 2.21. The number of amidine groups is 1. The Morgan fingerprint density at radius 1 is 1.65 bits per heavy atom. The van der Waals surface area contributed by atoms with Crippen LogP contribution in [0, 0.1) is 0 Å². The van der Waals surface area contributed by atoms with E-state index in [4.69, 9.17) is 15.1 Å². The summed E-state index contributed by atoms with van der Waals surface area (Å²) in [6, 6.07) is 2.14. The number of methoxy groups -OCH3 is 1. The molecule has 0 aromatic carbocycles. The zero-order valence-corrected chi connectivity index (χ0v) is 9.98. The van der Waals surface area contributed by atoms with E-state index in [2.05, 4.69) is 15.6 Å². The standard InChI is InChI=1S/C11H18N4O2/c1-16-7-9-6-10(15-17-9)11(14-12)13-8-4-2-3-5-8/h6,8H,2-5,7,12H2,1H3,(H,13,14). The quantitative estimate of drug-likeness (QED) is 0.353. The van der Waals surface area contributed by atoms with Crippen LogP contribution in [0.4, 0.5) is 0 Å². The molecule has 0 aliphatic heterocycles. The van der Waals surface area contributed by atoms with Crippen LogP contribution in [-0.2, 0) is 11.3 Å². The molecule has 2 rings (SSSR count). The molecule has 1 aromatic heterocycles. The summed E-state index contributed by atoms with van der Waals surface area (Å²) in [5.41, 5.74) is 3.22. The Labute approximate surface area is 100 Å². The molecule has 94 valence electrons. The number of hydrogen-bond donors (Lipinski definition) is 2. The first-order valence-electron chi connectivity index (χ1n) is 5.83. The van der Waals surface area contributed by atoms with Gasteiger partial charge in [-0.05, 0) is 12.8 Å². The van der Waals surface area contributed by atoms with E-state index in [0.717, 1.165) is 12.8 Å². The van der Waals surface area contributed by atoms with Crippen LogP contribution in [0.5, 0.6) is 0 Å². The van der Waals surface area contributed by atoms with E-state index < -0.39 is 0 Å². The van der Waals surface area contributed by atoms with Crippen molar-refractivity contribution in [1.29, 1.82) is 0 Å². The van der Waals surface area contributed by atoms with E-state index in [1.807, 2.05) is 0 Å². The lowest BCUT2D eigenvalue weighted by molar-refractivity contribution is 0.156. The Bertz CT molecular complexity index is 383. The topological polar surface area (TPSA) is 85.7 Å². The maximum atomic E-state index is 5.47. The first-order chi connectivity index (χ1) is 8.33. The van der Waals surface area contributed by atoms with Crippen molar-refractivity contribution in [2.75, 3.05) is 7.11 Å². The summed E-state index contributed by atoms with van der Waals surface area (Å²) in [4.78, 5) is 4.55. The average Bonchev–Trinajstić information content (AvgIpc) is 2.97. The number of aromatic nitrogens is 1. The van der Waals surface area contributed by atoms with Crippen LogP contribution >= 0.6 is 0 Å². The van der Waals surface area contributed by atoms with Crippen molar-refractivity contribution in [3.8, 4) is 0 Å². The minimum absolute atomic E-state index is 0.351. The first kappa shape index (κ1) is 12.1. The number of ether oxygens (including phenoxy) is 1. The van der Waals surface area contributed by atoms with Gasteiger partial charge in [-0.2, -0.15) is 0 Å². The molecule has 0 unspecified atom stereocenters. The lowest BCUT2D eigenvalue weighted by Gasteiger charge is -2.06. The van der Waals surface area contributed by atoms with Crippen molar-refractivity contribution >= 4 is 5.84 Å². The van der Waals surface area contributed by atoms with Gasteiger partial charge < -0.3 is 14.7 Å². The van der Waals surface area contributed by atoms with E-state index in [0.29, 0.717) is 29.9 Å². The summed E-state index contributed by atoms with van der Waals surface area (Å²) in [7, 11) is 1.61. The molecule has 0 bridgehead atoms. The molecule has 1 aliphatic carbocycles. The third-order valence-corrected chi connectivity index (χ3v) is 2.86. The molecule has 0 radical (unpaired) electrons. The monoisotopic (exact) mass is 238 g/mol. The Hall–Kier alpha value is -1.40. The summed E-state index contributed by atoms with van der Waals surface area (Å²) in [6.07, 6.45) is 4.71. The van der Waals surface area contributed by atoms with Crippen LogP contribution in [0.2, 0.25) is 0 Å². The van der Waals surface area contributed by atoms with Crippen LogP contribution in [0.15, 0.2) is 15.6 Å². The molecule has 6 nitrogen and oxygen atoms in total. The van der Waals surface area contributed by atoms with Gasteiger partial charge in [0.2, 0.25) is 0 Å². The predicted molar refractivity (Wildman–Crippen MR) is 63.3 cm³/mol. The van der Waals surface area contributed by atoms with Crippen molar-refractivity contribution in [2.24, 2.45) is 10.8 Å². The van der Waals surface area contributed by atoms with Crippen molar-refractivity contribution in [1.82, 2.24) is 10.6 Å². The van der Waals surface area contributed by atoms with Gasteiger partial charge in [-0.15, -0.1) is 0 Å². The average molecular weight is 238 g/mol. The number of nitrogens with two attached hydrogens (primary N) is 1. The van der Waals surface area contributed by atoms with Crippen molar-refractivity contribution in [3.63, 3.8) is 0 Å². The SMILES string of the molecule is COCc1cc(C(=NC2CCCC2)NN)no1. The molecule has 1 saturated carbocycles. The maximum Gasteiger partial charge on any atom is 0.165 e. The van der Waals surface area contributed by atoms with Crippen LogP contribution in [0.25, 0.3) is 0 Å². The molecule has 1 aliphatic rings. The van der Waals surface area contributed by atoms with Crippen molar-refractivity contribution in [2.45, 2.75) is 38.3 Å². The molecule has 0 saturated heterocycles. The Morgan fingerprint density at radius 3 is 3.06 bits per heavy atom. The van der Waals surface area contributed by atoms with E-state index in [1.54, 1.807) is 13.2 Å². The zero-order chi connectivity index (χ0) is 12.1. The van der Waals surface area contributed by atoms with E-state index in [1.165, 1.54) is 12.8 Å². The summed E-state index contributed by atoms with van der Waals surface area (Å²) in [6.45, 7) is 0.397. The van der Waals surface area contributed by atoms with Gasteiger partial charge in [-0.25, -0.2) is 5.84 Å². The van der Waals surface area contributed by atoms with Gasteiger partial charge in [0.05, 0.1) is 6.04 Å². The fourth-order valence-electron chi connectivity index (χ4n) is 2.03. The molecule has 3 N–H and O–H groups in total. The number of hydrogen-bond acceptors (Lipinski definition) is 5. The molecule has 0 spiro atoms. The summed E-state index contributed by atoms with van der Waals surface area (Å²) in [5, 5.41) is 3.92. The van der Waals surface area contributed by atoms with Crippen LogP contribution in [0.3, 0.4) is 0 Å². The second-order valence-corrected chi connectivity index (χ2v) is 4.17. The van der Waals surface area contributed by atoms with Gasteiger partial charge in [0.15, 0.2) is 11.6 Å². The highest BCUT2D eigenvalue weighted by molar-refractivity contribution is 5.96. The third kappa shape index (κ3) is 3.04. The highest BCUT2D eigenvalue weighted by atomic mass is 16.5. The van der Waals surface area contributed by atoms with Gasteiger partial charge in [-0.3, -0.25) is 4.99 Å². The molecular weight excluding hydrogens is 220 g/mol. The number of nitrogens with zero attached hydrogens (tertiary/aromatic N) is 2. The second kappa shape index (κ2) is 5.79.